The summed E-state index contributed by atoms with van der Waals surface area (Å²) in [4.78, 5) is 31.6. The molecule has 34 heavy (non-hydrogen) atoms. The van der Waals surface area contributed by atoms with Gasteiger partial charge in [-0.1, -0.05) is 12.8 Å². The minimum absolute atomic E-state index is 0.0378. The molecule has 0 atom stereocenters. The Morgan fingerprint density at radius 3 is 2.50 bits per heavy atom. The first kappa shape index (κ1) is 21.5. The van der Waals surface area contributed by atoms with Gasteiger partial charge in [0, 0.05) is 55.8 Å². The van der Waals surface area contributed by atoms with Crippen LogP contribution in [-0.2, 0) is 5.54 Å². The fourth-order valence-electron chi connectivity index (χ4n) is 6.09. The molecule has 0 aromatic carbocycles. The molecule has 0 amide bonds. The van der Waals surface area contributed by atoms with Gasteiger partial charge in [-0.2, -0.15) is 4.98 Å². The molecule has 3 aromatic rings. The molecular formula is C26H33N7O. The Bertz CT molecular complexity index is 1200. The number of anilines is 3. The maximum Gasteiger partial charge on any atom is 0.230 e. The molecule has 8 heteroatoms. The Balaban J connectivity index is 1.23. The molecule has 5 heterocycles. The number of nitrogens with one attached hydrogen (secondary N) is 1. The molecule has 1 spiro atoms. The van der Waals surface area contributed by atoms with Crippen molar-refractivity contribution in [1.29, 1.82) is 0 Å². The summed E-state index contributed by atoms with van der Waals surface area (Å²) in [5.74, 6) is 1.46. The van der Waals surface area contributed by atoms with Crippen LogP contribution in [0.5, 0.6) is 0 Å². The molecule has 6 rings (SSSR count). The van der Waals surface area contributed by atoms with Gasteiger partial charge in [0.1, 0.15) is 11.5 Å². The second-order valence-electron chi connectivity index (χ2n) is 10.3. The van der Waals surface area contributed by atoms with Gasteiger partial charge >= 0.3 is 0 Å². The minimum atomic E-state index is 0.0378. The van der Waals surface area contributed by atoms with E-state index in [0.29, 0.717) is 18.4 Å². The lowest BCUT2D eigenvalue weighted by Gasteiger charge is -2.38. The van der Waals surface area contributed by atoms with Crippen LogP contribution in [0.4, 0.5) is 17.5 Å². The molecule has 0 bridgehead atoms. The largest absolute Gasteiger partial charge is 0.368 e. The van der Waals surface area contributed by atoms with Gasteiger partial charge in [0.05, 0.1) is 17.6 Å². The van der Waals surface area contributed by atoms with E-state index in [2.05, 4.69) is 49.6 Å². The third-order valence-corrected chi connectivity index (χ3v) is 8.05. The summed E-state index contributed by atoms with van der Waals surface area (Å²) in [5, 5.41) is 4.21. The Labute approximate surface area is 200 Å². The molecule has 1 saturated carbocycles. The summed E-state index contributed by atoms with van der Waals surface area (Å²) in [7, 11) is 0. The highest BCUT2D eigenvalue weighted by molar-refractivity contribution is 6.00. The van der Waals surface area contributed by atoms with Crippen molar-refractivity contribution in [3.05, 3.63) is 36.3 Å². The predicted octanol–water partition coefficient (Wildman–Crippen LogP) is 4.35. The summed E-state index contributed by atoms with van der Waals surface area (Å²) >= 11 is 0. The molecule has 3 aliphatic rings. The fraction of sp³-hybridized carbons (Fsp3) is 0.538. The normalized spacial score (nSPS) is 20.4. The Kier molecular flexibility index (Phi) is 5.28. The van der Waals surface area contributed by atoms with Crippen molar-refractivity contribution in [2.45, 2.75) is 64.0 Å². The van der Waals surface area contributed by atoms with Crippen LogP contribution in [0.3, 0.4) is 0 Å². The van der Waals surface area contributed by atoms with Gasteiger partial charge in [-0.05, 0) is 51.3 Å². The zero-order chi connectivity index (χ0) is 23.3. The number of pyridine rings is 1. The first-order chi connectivity index (χ1) is 16.5. The van der Waals surface area contributed by atoms with Crippen LogP contribution in [0, 0.1) is 0 Å². The predicted molar refractivity (Wildman–Crippen MR) is 134 cm³/mol. The summed E-state index contributed by atoms with van der Waals surface area (Å²) in [5.41, 5.74) is 2.85. The van der Waals surface area contributed by atoms with Crippen molar-refractivity contribution in [2.24, 2.45) is 0 Å². The van der Waals surface area contributed by atoms with Crippen molar-refractivity contribution in [3.63, 3.8) is 0 Å². The van der Waals surface area contributed by atoms with Gasteiger partial charge in [0.25, 0.3) is 0 Å². The molecular weight excluding hydrogens is 426 g/mol. The summed E-state index contributed by atoms with van der Waals surface area (Å²) in [6.07, 6.45) is 9.99. The molecule has 2 fully saturated rings. The van der Waals surface area contributed by atoms with E-state index < -0.39 is 0 Å². The molecule has 1 saturated heterocycles. The molecule has 2 aliphatic heterocycles. The van der Waals surface area contributed by atoms with Crippen molar-refractivity contribution >= 4 is 34.3 Å². The van der Waals surface area contributed by atoms with E-state index >= 15 is 0 Å². The lowest BCUT2D eigenvalue weighted by Crippen LogP contribution is -2.48. The molecule has 8 nitrogen and oxygen atoms in total. The number of hydrogen-bond donors (Lipinski definition) is 1. The second-order valence-corrected chi connectivity index (χ2v) is 10.3. The van der Waals surface area contributed by atoms with Crippen molar-refractivity contribution < 1.29 is 4.79 Å². The zero-order valence-electron chi connectivity index (χ0n) is 20.1. The average molecular weight is 460 g/mol. The SMILES string of the molecule is CC(C)N1CCN(c2ccc(Nc3ncc4cc5n(c4n3)C3(CCCC3)CCC5=O)nc2)CC1. The number of piperazine rings is 1. The number of aromatic nitrogens is 4. The van der Waals surface area contributed by atoms with Gasteiger partial charge in [-0.25, -0.2) is 9.97 Å². The Morgan fingerprint density at radius 1 is 1.00 bits per heavy atom. The summed E-state index contributed by atoms with van der Waals surface area (Å²) in [6, 6.07) is 6.68. The quantitative estimate of drug-likeness (QED) is 0.621. The van der Waals surface area contributed by atoms with Crippen LogP contribution in [0.1, 0.15) is 62.9 Å². The number of carbonyl (C=O) groups excluding carboxylic acids is 1. The number of nitrogens with zero attached hydrogens (tertiary/aromatic N) is 6. The highest BCUT2D eigenvalue weighted by atomic mass is 16.1. The number of carbonyl (C=O) groups is 1. The van der Waals surface area contributed by atoms with Gasteiger partial charge in [0.2, 0.25) is 5.95 Å². The number of fused-ring (bicyclic) bond motifs is 4. The number of Topliss-reactive ketones (excluding diaryl/α,β-unsaturated/α-hetero) is 1. The van der Waals surface area contributed by atoms with E-state index in [4.69, 9.17) is 4.98 Å². The standard InChI is InChI=1S/C26H33N7O/c1-18(2)31-11-13-32(14-12-31)20-5-6-23(27-17-20)29-25-28-16-19-15-21-22(34)7-10-26(8-3-4-9-26)33(21)24(19)30-25/h5-6,15-18H,3-4,7-14H2,1-2H3,(H,27,28,29,30). The van der Waals surface area contributed by atoms with Crippen LogP contribution in [0.25, 0.3) is 11.0 Å². The smallest absolute Gasteiger partial charge is 0.230 e. The van der Waals surface area contributed by atoms with E-state index in [1.165, 1.54) is 12.8 Å². The van der Waals surface area contributed by atoms with Crippen molar-refractivity contribution in [3.8, 4) is 0 Å². The maximum atomic E-state index is 12.7. The lowest BCUT2D eigenvalue weighted by atomic mass is 9.86. The van der Waals surface area contributed by atoms with Crippen molar-refractivity contribution in [2.75, 3.05) is 36.4 Å². The van der Waals surface area contributed by atoms with Gasteiger partial charge in [0.15, 0.2) is 5.78 Å². The minimum Gasteiger partial charge on any atom is -0.368 e. The zero-order valence-corrected chi connectivity index (χ0v) is 20.1. The van der Waals surface area contributed by atoms with Gasteiger partial charge < -0.3 is 14.8 Å². The first-order valence-electron chi connectivity index (χ1n) is 12.7. The number of rotatable bonds is 4. The molecule has 0 unspecified atom stereocenters. The molecule has 0 radical (unpaired) electrons. The lowest BCUT2D eigenvalue weighted by molar-refractivity contribution is 0.0901. The molecule has 1 N–H and O–H groups in total. The van der Waals surface area contributed by atoms with Gasteiger partial charge in [-0.3, -0.25) is 9.69 Å². The molecule has 1 aliphatic carbocycles. The van der Waals surface area contributed by atoms with Gasteiger partial charge in [-0.15, -0.1) is 0 Å². The number of hydrogen-bond acceptors (Lipinski definition) is 7. The summed E-state index contributed by atoms with van der Waals surface area (Å²) in [6.45, 7) is 8.71. The van der Waals surface area contributed by atoms with Crippen molar-refractivity contribution in [1.82, 2.24) is 24.4 Å². The number of ketones is 1. The molecule has 3 aromatic heterocycles. The van der Waals surface area contributed by atoms with E-state index in [1.807, 2.05) is 24.5 Å². The third-order valence-electron chi connectivity index (χ3n) is 8.05. The van der Waals surface area contributed by atoms with Crippen LogP contribution in [0.15, 0.2) is 30.6 Å². The third kappa shape index (κ3) is 3.64. The van der Waals surface area contributed by atoms with E-state index in [0.717, 1.165) is 73.7 Å². The summed E-state index contributed by atoms with van der Waals surface area (Å²) < 4.78 is 2.24. The van der Waals surface area contributed by atoms with E-state index in [1.54, 1.807) is 0 Å². The fourth-order valence-corrected chi connectivity index (χ4v) is 6.09. The topological polar surface area (TPSA) is 79.2 Å². The highest BCUT2D eigenvalue weighted by Crippen LogP contribution is 2.46. The maximum absolute atomic E-state index is 12.7. The highest BCUT2D eigenvalue weighted by Gasteiger charge is 2.42. The van der Waals surface area contributed by atoms with Crippen LogP contribution >= 0.6 is 0 Å². The monoisotopic (exact) mass is 459 g/mol. The van der Waals surface area contributed by atoms with E-state index in [9.17, 15) is 4.79 Å². The van der Waals surface area contributed by atoms with Crippen LogP contribution < -0.4 is 10.2 Å². The Hall–Kier alpha value is -3.00. The first-order valence-corrected chi connectivity index (χ1v) is 12.7. The molecule has 178 valence electrons. The van der Waals surface area contributed by atoms with E-state index in [-0.39, 0.29) is 11.3 Å². The van der Waals surface area contributed by atoms with Crippen LogP contribution in [0.2, 0.25) is 0 Å². The van der Waals surface area contributed by atoms with Crippen LogP contribution in [-0.4, -0.2) is 62.4 Å². The Morgan fingerprint density at radius 2 is 1.79 bits per heavy atom. The second kappa shape index (κ2) is 8.34. The average Bonchev–Trinajstić information content (AvgIpc) is 3.48.